The molecule has 0 fully saturated rings. The average Bonchev–Trinajstić information content (AvgIpc) is 3.07. The molecule has 0 spiro atoms. The van der Waals surface area contributed by atoms with Crippen LogP contribution in [0, 0.1) is 0 Å². The van der Waals surface area contributed by atoms with Gasteiger partial charge in [0.05, 0.1) is 0 Å². The van der Waals surface area contributed by atoms with Crippen LogP contribution in [0.1, 0.15) is 12.5 Å². The Hall–Kier alpha value is -2.21. The highest BCUT2D eigenvalue weighted by Crippen LogP contribution is 2.22. The van der Waals surface area contributed by atoms with Gasteiger partial charge in [0.2, 0.25) is 26.0 Å². The van der Waals surface area contributed by atoms with Gasteiger partial charge in [-0.1, -0.05) is 19.1 Å². The van der Waals surface area contributed by atoms with Gasteiger partial charge in [-0.3, -0.25) is 4.79 Å². The smallest absolute Gasteiger partial charge is 0.244 e. The zero-order valence-corrected chi connectivity index (χ0v) is 16.8. The minimum absolute atomic E-state index is 0.249. The Morgan fingerprint density at radius 3 is 1.81 bits per heavy atom. The number of carbonyl (C=O) groups excluding carboxylic acids is 1. The molecule has 0 aliphatic heterocycles. The van der Waals surface area contributed by atoms with Crippen LogP contribution in [0.2, 0.25) is 0 Å². The first-order valence-electron chi connectivity index (χ1n) is 8.08. The number of benzene rings is 1. The van der Waals surface area contributed by atoms with Gasteiger partial charge in [-0.15, -0.1) is 0 Å². The Morgan fingerprint density at radius 2 is 1.41 bits per heavy atom. The molecule has 0 unspecified atom stereocenters. The first-order valence-corrected chi connectivity index (χ1v) is 11.0. The number of hydrogen-bond acceptors (Lipinski definition) is 5. The second-order valence-electron chi connectivity index (χ2n) is 5.67. The van der Waals surface area contributed by atoms with E-state index in [9.17, 15) is 21.6 Å². The Morgan fingerprint density at radius 1 is 0.926 bits per heavy atom. The molecule has 0 bridgehead atoms. The van der Waals surface area contributed by atoms with Gasteiger partial charge in [-0.2, -0.15) is 0 Å². The fraction of sp³-hybridized carbons (Fsp3) is 0.312. The lowest BCUT2D eigenvalue weighted by Gasteiger charge is -2.07. The van der Waals surface area contributed by atoms with Crippen LogP contribution >= 0.6 is 0 Å². The highest BCUT2D eigenvalue weighted by molar-refractivity contribution is 7.92. The summed E-state index contributed by atoms with van der Waals surface area (Å²) < 4.78 is 53.8. The summed E-state index contributed by atoms with van der Waals surface area (Å²) in [4.78, 5) is 11.4. The molecule has 3 N–H and O–H groups in total. The van der Waals surface area contributed by atoms with Crippen molar-refractivity contribution in [2.24, 2.45) is 0 Å². The fourth-order valence-corrected chi connectivity index (χ4v) is 4.65. The maximum Gasteiger partial charge on any atom is 0.244 e. The number of hydrogen-bond donors (Lipinski definition) is 3. The van der Waals surface area contributed by atoms with Crippen molar-refractivity contribution >= 4 is 31.6 Å². The molecule has 9 nitrogen and oxygen atoms in total. The summed E-state index contributed by atoms with van der Waals surface area (Å²) in [5.74, 6) is -0.420. The van der Waals surface area contributed by atoms with Crippen LogP contribution in [0.5, 0.6) is 0 Å². The van der Waals surface area contributed by atoms with Crippen LogP contribution < -0.4 is 14.8 Å². The zero-order chi connectivity index (χ0) is 20.2. The Bertz CT molecular complexity index is 974. The summed E-state index contributed by atoms with van der Waals surface area (Å²) in [7, 11) is -5.70. The molecule has 1 amide bonds. The average molecular weight is 415 g/mol. The fourth-order valence-electron chi connectivity index (χ4n) is 2.37. The van der Waals surface area contributed by atoms with E-state index in [0.29, 0.717) is 5.69 Å². The lowest BCUT2D eigenvalue weighted by Crippen LogP contribution is -2.24. The van der Waals surface area contributed by atoms with E-state index in [2.05, 4.69) is 14.8 Å². The molecule has 2 aromatic rings. The number of aromatic nitrogens is 1. The third-order valence-electron chi connectivity index (χ3n) is 3.90. The number of nitrogens with one attached hydrogen (secondary N) is 3. The van der Waals surface area contributed by atoms with Crippen LogP contribution in [0.15, 0.2) is 46.5 Å². The van der Waals surface area contributed by atoms with Crippen molar-refractivity contribution in [1.29, 1.82) is 0 Å². The number of anilines is 1. The molecule has 0 aliphatic rings. The third kappa shape index (κ3) is 4.95. The number of aryl methyl sites for hydroxylation is 1. The largest absolute Gasteiger partial charge is 0.342 e. The monoisotopic (exact) mass is 414 g/mol. The number of amides is 1. The molecule has 0 aliphatic carbocycles. The van der Waals surface area contributed by atoms with Crippen LogP contribution in [0.4, 0.5) is 5.69 Å². The van der Waals surface area contributed by atoms with E-state index in [4.69, 9.17) is 0 Å². The topological polar surface area (TPSA) is 126 Å². The molecular weight excluding hydrogens is 392 g/mol. The van der Waals surface area contributed by atoms with Gasteiger partial charge in [-0.25, -0.2) is 26.3 Å². The summed E-state index contributed by atoms with van der Waals surface area (Å²) >= 11 is 0. The first kappa shape index (κ1) is 21.1. The van der Waals surface area contributed by atoms with E-state index in [-0.39, 0.29) is 6.54 Å². The second-order valence-corrected chi connectivity index (χ2v) is 9.38. The number of carbonyl (C=O) groups is 1. The summed E-state index contributed by atoms with van der Waals surface area (Å²) in [6.07, 6.45) is 3.09. The van der Waals surface area contributed by atoms with Crippen LogP contribution in [0.3, 0.4) is 0 Å². The molecule has 2 rings (SSSR count). The highest BCUT2D eigenvalue weighted by atomic mass is 32.2. The summed E-state index contributed by atoms with van der Waals surface area (Å²) in [6, 6.07) is 7.31. The van der Waals surface area contributed by atoms with Crippen molar-refractivity contribution in [3.05, 3.63) is 42.2 Å². The van der Waals surface area contributed by atoms with Crippen molar-refractivity contribution in [3.8, 4) is 0 Å². The van der Waals surface area contributed by atoms with Gasteiger partial charge in [-0.05, 0) is 38.2 Å². The molecule has 1 heterocycles. The second kappa shape index (κ2) is 8.21. The van der Waals surface area contributed by atoms with Crippen molar-refractivity contribution in [1.82, 2.24) is 14.0 Å². The molecule has 27 heavy (non-hydrogen) atoms. The van der Waals surface area contributed by atoms with E-state index in [1.165, 1.54) is 18.7 Å². The van der Waals surface area contributed by atoms with Crippen molar-refractivity contribution in [2.45, 2.75) is 29.7 Å². The Labute approximate surface area is 158 Å². The van der Waals surface area contributed by atoms with E-state index < -0.39 is 35.7 Å². The predicted molar refractivity (Wildman–Crippen MR) is 101 cm³/mol. The lowest BCUT2D eigenvalue weighted by atomic mass is 10.1. The molecule has 148 valence electrons. The molecule has 0 atom stereocenters. The summed E-state index contributed by atoms with van der Waals surface area (Å²) in [6.45, 7) is 1.77. The third-order valence-corrected chi connectivity index (χ3v) is 6.91. The summed E-state index contributed by atoms with van der Waals surface area (Å²) in [5.41, 5.74) is 1.72. The molecule has 0 saturated heterocycles. The van der Waals surface area contributed by atoms with Gasteiger partial charge in [0, 0.05) is 18.1 Å². The SMILES string of the molecule is CCc1ccc(NC(=O)Cn2cc(S(=O)(=O)NC)c(S(=O)(=O)NC)c2)cc1. The normalized spacial score (nSPS) is 12.1. The number of nitrogens with zero attached hydrogens (tertiary/aromatic N) is 1. The van der Waals surface area contributed by atoms with Crippen molar-refractivity contribution in [3.63, 3.8) is 0 Å². The van der Waals surface area contributed by atoms with Gasteiger partial charge in [0.15, 0.2) is 0 Å². The minimum Gasteiger partial charge on any atom is -0.342 e. The maximum absolute atomic E-state index is 12.2. The number of rotatable bonds is 8. The summed E-state index contributed by atoms with van der Waals surface area (Å²) in [5, 5.41) is 2.69. The predicted octanol–water partition coefficient (Wildman–Crippen LogP) is 0.505. The van der Waals surface area contributed by atoms with Crippen LogP contribution in [-0.4, -0.2) is 41.4 Å². The Balaban J connectivity index is 2.28. The zero-order valence-electron chi connectivity index (χ0n) is 15.2. The Kier molecular flexibility index (Phi) is 6.42. The first-order chi connectivity index (χ1) is 12.6. The van der Waals surface area contributed by atoms with Gasteiger partial charge < -0.3 is 9.88 Å². The van der Waals surface area contributed by atoms with Crippen LogP contribution in [0.25, 0.3) is 0 Å². The van der Waals surface area contributed by atoms with Crippen molar-refractivity contribution in [2.75, 3.05) is 19.4 Å². The highest BCUT2D eigenvalue weighted by Gasteiger charge is 2.27. The van der Waals surface area contributed by atoms with E-state index >= 15 is 0 Å². The molecule has 0 radical (unpaired) electrons. The van der Waals surface area contributed by atoms with Gasteiger partial charge in [0.1, 0.15) is 16.3 Å². The standard InChI is InChI=1S/C16H22N4O5S2/c1-4-12-5-7-13(8-6-12)19-16(21)11-20-9-14(26(22,23)17-2)15(10-20)27(24,25)18-3/h5-10,17-18H,4,11H2,1-3H3,(H,19,21). The van der Waals surface area contributed by atoms with Gasteiger partial charge in [0.25, 0.3) is 0 Å². The van der Waals surface area contributed by atoms with Crippen molar-refractivity contribution < 1.29 is 21.6 Å². The molecule has 0 saturated carbocycles. The minimum atomic E-state index is -4.03. The maximum atomic E-state index is 12.2. The molecule has 11 heteroatoms. The molecule has 1 aromatic carbocycles. The quantitative estimate of drug-likeness (QED) is 0.580. The van der Waals surface area contributed by atoms with E-state index in [1.807, 2.05) is 19.1 Å². The molecule has 1 aromatic heterocycles. The lowest BCUT2D eigenvalue weighted by molar-refractivity contribution is -0.116. The van der Waals surface area contributed by atoms with Crippen LogP contribution in [-0.2, 0) is 37.8 Å². The molecular formula is C16H22N4O5S2. The number of sulfonamides is 2. The van der Waals surface area contributed by atoms with E-state index in [1.54, 1.807) is 12.1 Å². The van der Waals surface area contributed by atoms with Gasteiger partial charge >= 0.3 is 0 Å². The van der Waals surface area contributed by atoms with E-state index in [0.717, 1.165) is 24.4 Å².